The predicted molar refractivity (Wildman–Crippen MR) is 74.0 cm³/mol. The van der Waals surface area contributed by atoms with Crippen LogP contribution < -0.4 is 4.74 Å². The highest BCUT2D eigenvalue weighted by molar-refractivity contribution is 5.79. The van der Waals surface area contributed by atoms with Gasteiger partial charge in [-0.2, -0.15) is 0 Å². The molecule has 96 valence electrons. The molecule has 0 atom stereocenters. The zero-order valence-electron chi connectivity index (χ0n) is 10.8. The minimum atomic E-state index is 0.459. The summed E-state index contributed by atoms with van der Waals surface area (Å²) in [5.41, 5.74) is 0.977. The van der Waals surface area contributed by atoms with Crippen molar-refractivity contribution in [2.75, 3.05) is 0 Å². The van der Waals surface area contributed by atoms with Crippen LogP contribution in [0.4, 0.5) is 0 Å². The average Bonchev–Trinajstić information content (AvgIpc) is 2.92. The van der Waals surface area contributed by atoms with E-state index in [9.17, 15) is 0 Å². The van der Waals surface area contributed by atoms with Crippen LogP contribution in [0.1, 0.15) is 12.7 Å². The molecule has 0 aliphatic rings. The molecule has 3 aromatic rings. The van der Waals surface area contributed by atoms with Gasteiger partial charge in [0, 0.05) is 24.3 Å². The van der Waals surface area contributed by atoms with Crippen molar-refractivity contribution in [3.05, 3.63) is 54.7 Å². The maximum Gasteiger partial charge on any atom is 0.146 e. The normalized spacial score (nSPS) is 10.8. The van der Waals surface area contributed by atoms with Crippen molar-refractivity contribution in [1.29, 1.82) is 0 Å². The molecule has 0 saturated carbocycles. The van der Waals surface area contributed by atoms with E-state index < -0.39 is 0 Å². The largest absolute Gasteiger partial charge is 0.484 e. The van der Waals surface area contributed by atoms with Crippen LogP contribution in [0.15, 0.2) is 48.9 Å². The van der Waals surface area contributed by atoms with Gasteiger partial charge in [0.15, 0.2) is 0 Å². The molecule has 0 N–H and O–H groups in total. The maximum atomic E-state index is 5.76. The van der Waals surface area contributed by atoms with Gasteiger partial charge in [0.05, 0.1) is 11.7 Å². The standard InChI is InChI=1S/C15H15N3O/c1-2-18-8-7-16-15(18)11-19-13-9-12-5-3-4-6-14(12)17-10-13/h3-10H,2,11H2,1H3. The van der Waals surface area contributed by atoms with Gasteiger partial charge in [0.25, 0.3) is 0 Å². The molecule has 4 nitrogen and oxygen atoms in total. The van der Waals surface area contributed by atoms with Gasteiger partial charge in [-0.15, -0.1) is 0 Å². The number of aryl methyl sites for hydroxylation is 1. The van der Waals surface area contributed by atoms with Crippen LogP contribution >= 0.6 is 0 Å². The summed E-state index contributed by atoms with van der Waals surface area (Å²) < 4.78 is 7.82. The number of hydrogen-bond donors (Lipinski definition) is 0. The molecular formula is C15H15N3O. The number of rotatable bonds is 4. The van der Waals surface area contributed by atoms with Crippen molar-refractivity contribution >= 4 is 10.9 Å². The minimum absolute atomic E-state index is 0.459. The number of aromatic nitrogens is 3. The Morgan fingerprint density at radius 1 is 1.21 bits per heavy atom. The highest BCUT2D eigenvalue weighted by Gasteiger charge is 2.03. The van der Waals surface area contributed by atoms with E-state index in [-0.39, 0.29) is 0 Å². The third-order valence-corrected chi connectivity index (χ3v) is 3.08. The summed E-state index contributed by atoms with van der Waals surface area (Å²) in [7, 11) is 0. The molecule has 2 heterocycles. The second-order valence-corrected chi connectivity index (χ2v) is 4.28. The molecule has 0 aliphatic heterocycles. The lowest BCUT2D eigenvalue weighted by molar-refractivity contribution is 0.289. The molecule has 3 rings (SSSR count). The monoisotopic (exact) mass is 253 g/mol. The van der Waals surface area contributed by atoms with Crippen molar-refractivity contribution < 1.29 is 4.74 Å². The number of nitrogens with zero attached hydrogens (tertiary/aromatic N) is 3. The lowest BCUT2D eigenvalue weighted by atomic mass is 10.2. The highest BCUT2D eigenvalue weighted by atomic mass is 16.5. The van der Waals surface area contributed by atoms with Crippen molar-refractivity contribution in [3.8, 4) is 5.75 Å². The van der Waals surface area contributed by atoms with Gasteiger partial charge in [0.2, 0.25) is 0 Å². The molecular weight excluding hydrogens is 238 g/mol. The first-order valence-corrected chi connectivity index (χ1v) is 6.34. The summed E-state index contributed by atoms with van der Waals surface area (Å²) in [4.78, 5) is 8.65. The van der Waals surface area contributed by atoms with Gasteiger partial charge in [-0.25, -0.2) is 4.98 Å². The fourth-order valence-electron chi connectivity index (χ4n) is 2.05. The van der Waals surface area contributed by atoms with Crippen LogP contribution in [0.3, 0.4) is 0 Å². The van der Waals surface area contributed by atoms with E-state index in [1.807, 2.05) is 36.5 Å². The first-order valence-electron chi connectivity index (χ1n) is 6.34. The molecule has 0 radical (unpaired) electrons. The first kappa shape index (κ1) is 11.7. The molecule has 0 amide bonds. The summed E-state index contributed by atoms with van der Waals surface area (Å²) in [5, 5.41) is 1.08. The Balaban J connectivity index is 1.78. The van der Waals surface area contributed by atoms with Gasteiger partial charge >= 0.3 is 0 Å². The van der Waals surface area contributed by atoms with E-state index in [1.54, 1.807) is 12.4 Å². The van der Waals surface area contributed by atoms with Crippen molar-refractivity contribution in [1.82, 2.24) is 14.5 Å². The van der Waals surface area contributed by atoms with E-state index in [4.69, 9.17) is 4.74 Å². The summed E-state index contributed by atoms with van der Waals surface area (Å²) in [6, 6.07) is 10.00. The van der Waals surface area contributed by atoms with Gasteiger partial charge in [0.1, 0.15) is 18.2 Å². The van der Waals surface area contributed by atoms with E-state index in [0.717, 1.165) is 29.0 Å². The van der Waals surface area contributed by atoms with Crippen LogP contribution in [-0.2, 0) is 13.2 Å². The summed E-state index contributed by atoms with van der Waals surface area (Å²) in [6.07, 6.45) is 5.50. The fourth-order valence-corrected chi connectivity index (χ4v) is 2.05. The summed E-state index contributed by atoms with van der Waals surface area (Å²) >= 11 is 0. The maximum absolute atomic E-state index is 5.76. The number of ether oxygens (including phenoxy) is 1. The Bertz CT molecular complexity index is 690. The van der Waals surface area contributed by atoms with Crippen molar-refractivity contribution in [2.45, 2.75) is 20.1 Å². The molecule has 2 aromatic heterocycles. The lowest BCUT2D eigenvalue weighted by Gasteiger charge is -2.08. The summed E-state index contributed by atoms with van der Waals surface area (Å²) in [5.74, 6) is 1.69. The van der Waals surface area contributed by atoms with Crippen LogP contribution in [0.2, 0.25) is 0 Å². The zero-order valence-corrected chi connectivity index (χ0v) is 10.8. The first-order chi connectivity index (χ1) is 9.36. The second kappa shape index (κ2) is 5.10. The Morgan fingerprint density at radius 2 is 2.11 bits per heavy atom. The number of fused-ring (bicyclic) bond motifs is 1. The summed E-state index contributed by atoms with van der Waals surface area (Å²) in [6.45, 7) is 3.44. The molecule has 0 unspecified atom stereocenters. The smallest absolute Gasteiger partial charge is 0.146 e. The quantitative estimate of drug-likeness (QED) is 0.717. The van der Waals surface area contributed by atoms with Crippen LogP contribution in [-0.4, -0.2) is 14.5 Å². The van der Waals surface area contributed by atoms with E-state index in [0.29, 0.717) is 6.61 Å². The minimum Gasteiger partial charge on any atom is -0.484 e. The number of pyridine rings is 1. The molecule has 4 heteroatoms. The third-order valence-electron chi connectivity index (χ3n) is 3.08. The van der Waals surface area contributed by atoms with E-state index in [1.165, 1.54) is 0 Å². The van der Waals surface area contributed by atoms with Crippen LogP contribution in [0.5, 0.6) is 5.75 Å². The highest BCUT2D eigenvalue weighted by Crippen LogP contribution is 2.18. The van der Waals surface area contributed by atoms with Gasteiger partial charge in [-0.05, 0) is 19.1 Å². The Labute approximate surface area is 111 Å². The molecule has 0 spiro atoms. The SMILES string of the molecule is CCn1ccnc1COc1cnc2ccccc2c1. The van der Waals surface area contributed by atoms with Crippen molar-refractivity contribution in [2.24, 2.45) is 0 Å². The molecule has 0 aliphatic carbocycles. The lowest BCUT2D eigenvalue weighted by Crippen LogP contribution is -2.05. The Hall–Kier alpha value is -2.36. The second-order valence-electron chi connectivity index (χ2n) is 4.28. The number of para-hydroxylation sites is 1. The topological polar surface area (TPSA) is 39.9 Å². The van der Waals surface area contributed by atoms with Crippen LogP contribution in [0.25, 0.3) is 10.9 Å². The molecule has 19 heavy (non-hydrogen) atoms. The predicted octanol–water partition coefficient (Wildman–Crippen LogP) is 3.03. The fraction of sp³-hybridized carbons (Fsp3) is 0.200. The zero-order chi connectivity index (χ0) is 13.1. The van der Waals surface area contributed by atoms with E-state index in [2.05, 4.69) is 21.5 Å². The molecule has 0 bridgehead atoms. The molecule has 0 fully saturated rings. The third kappa shape index (κ3) is 2.42. The molecule has 0 saturated heterocycles. The number of benzene rings is 1. The van der Waals surface area contributed by atoms with Gasteiger partial charge < -0.3 is 9.30 Å². The van der Waals surface area contributed by atoms with Gasteiger partial charge in [-0.1, -0.05) is 18.2 Å². The number of hydrogen-bond acceptors (Lipinski definition) is 3. The molecule has 1 aromatic carbocycles. The Morgan fingerprint density at radius 3 is 3.00 bits per heavy atom. The van der Waals surface area contributed by atoms with Gasteiger partial charge in [-0.3, -0.25) is 4.98 Å². The number of imidazole rings is 1. The van der Waals surface area contributed by atoms with E-state index >= 15 is 0 Å². The van der Waals surface area contributed by atoms with Crippen LogP contribution in [0, 0.1) is 0 Å². The average molecular weight is 253 g/mol. The van der Waals surface area contributed by atoms with Crippen molar-refractivity contribution in [3.63, 3.8) is 0 Å². The Kier molecular flexibility index (Phi) is 3.14.